The average molecular weight is 601 g/mol. The molecule has 0 spiro atoms. The van der Waals surface area contributed by atoms with Crippen molar-refractivity contribution in [1.29, 1.82) is 0 Å². The van der Waals surface area contributed by atoms with Crippen molar-refractivity contribution in [1.82, 2.24) is 9.55 Å². The van der Waals surface area contributed by atoms with Crippen LogP contribution in [-0.4, -0.2) is 36.6 Å². The predicted molar refractivity (Wildman–Crippen MR) is 137 cm³/mol. The van der Waals surface area contributed by atoms with E-state index in [1.165, 1.54) is 30.3 Å². The van der Waals surface area contributed by atoms with Crippen molar-refractivity contribution >= 4 is 71.1 Å². The van der Waals surface area contributed by atoms with Crippen molar-refractivity contribution in [2.75, 3.05) is 18.1 Å². The van der Waals surface area contributed by atoms with Crippen LogP contribution in [0.2, 0.25) is 4.34 Å². The number of fused-ring (bicyclic) bond motifs is 1. The zero-order valence-corrected chi connectivity index (χ0v) is 21.9. The van der Waals surface area contributed by atoms with Crippen molar-refractivity contribution in [3.63, 3.8) is 0 Å². The van der Waals surface area contributed by atoms with Crippen LogP contribution in [0.4, 0.5) is 10.1 Å². The van der Waals surface area contributed by atoms with Gasteiger partial charge in [0, 0.05) is 17.9 Å². The van der Waals surface area contributed by atoms with Gasteiger partial charge in [-0.05, 0) is 57.9 Å². The zero-order chi connectivity index (χ0) is 25.5. The lowest BCUT2D eigenvalue weighted by Gasteiger charge is -2.11. The van der Waals surface area contributed by atoms with Crippen LogP contribution in [0, 0.1) is 5.82 Å². The maximum atomic E-state index is 15.0. The summed E-state index contributed by atoms with van der Waals surface area (Å²) in [4.78, 5) is 40.6. The monoisotopic (exact) mass is 599 g/mol. The number of thiophene rings is 1. The molecule has 0 amide bonds. The van der Waals surface area contributed by atoms with E-state index in [2.05, 4.69) is 26.2 Å². The molecular weight excluding hydrogens is 585 g/mol. The predicted octanol–water partition coefficient (Wildman–Crippen LogP) is 3.92. The van der Waals surface area contributed by atoms with Gasteiger partial charge in [0.25, 0.3) is 5.56 Å². The summed E-state index contributed by atoms with van der Waals surface area (Å²) in [5.74, 6) is -2.32. The van der Waals surface area contributed by atoms with E-state index < -0.39 is 38.4 Å². The highest BCUT2D eigenvalue weighted by molar-refractivity contribution is 9.10. The fourth-order valence-electron chi connectivity index (χ4n) is 3.52. The van der Waals surface area contributed by atoms with Gasteiger partial charge in [-0.1, -0.05) is 17.7 Å². The first-order valence-electron chi connectivity index (χ1n) is 9.95. The first-order valence-corrected chi connectivity index (χ1v) is 13.6. The van der Waals surface area contributed by atoms with Gasteiger partial charge >= 0.3 is 5.69 Å². The number of carbonyl (C=O) groups excluding carboxylic acids is 1. The third kappa shape index (κ3) is 5.10. The molecule has 0 aliphatic heterocycles. The molecule has 0 atom stereocenters. The summed E-state index contributed by atoms with van der Waals surface area (Å²) < 4.78 is 41.2. The molecule has 2 aromatic heterocycles. The number of aromatic nitrogens is 2. The molecule has 0 bridgehead atoms. The Hall–Kier alpha value is -2.80. The zero-order valence-electron chi connectivity index (χ0n) is 17.9. The standard InChI is InChI=1S/C22H16BrClFN3O5S2/c1-26-17-9-16-13(8-14(17)23)21(30)28(22(31)27-16)18-3-2-11(7-15(18)25)6-12(29)10-35(32,33)20-5-4-19(24)34-20/h2-5,7-9,26H,6,10H2,1H3,(H,27,31). The van der Waals surface area contributed by atoms with Crippen LogP contribution in [-0.2, 0) is 21.1 Å². The van der Waals surface area contributed by atoms with Crippen LogP contribution in [0.5, 0.6) is 0 Å². The Balaban J connectivity index is 1.64. The van der Waals surface area contributed by atoms with Crippen molar-refractivity contribution in [3.05, 3.63) is 83.5 Å². The lowest BCUT2D eigenvalue weighted by molar-refractivity contribution is -0.116. The number of H-pyrrole nitrogens is 1. The number of hydrogen-bond acceptors (Lipinski definition) is 7. The molecule has 0 unspecified atom stereocenters. The minimum atomic E-state index is -3.87. The average Bonchev–Trinajstić information content (AvgIpc) is 3.22. The van der Waals surface area contributed by atoms with Gasteiger partial charge in [-0.25, -0.2) is 22.2 Å². The highest BCUT2D eigenvalue weighted by Crippen LogP contribution is 2.27. The molecule has 2 N–H and O–H groups in total. The molecule has 0 saturated carbocycles. The Morgan fingerprint density at radius 3 is 2.57 bits per heavy atom. The molecule has 2 aromatic carbocycles. The van der Waals surface area contributed by atoms with E-state index in [-0.39, 0.29) is 37.1 Å². The van der Waals surface area contributed by atoms with Gasteiger partial charge in [-0.2, -0.15) is 0 Å². The highest BCUT2D eigenvalue weighted by atomic mass is 79.9. The number of nitrogens with one attached hydrogen (secondary N) is 2. The SMILES string of the molecule is CNc1cc2[nH]c(=O)n(-c3ccc(CC(=O)CS(=O)(=O)c4ccc(Cl)s4)cc3F)c(=O)c2cc1Br. The van der Waals surface area contributed by atoms with Gasteiger partial charge in [0.15, 0.2) is 15.6 Å². The van der Waals surface area contributed by atoms with Crippen LogP contribution in [0.1, 0.15) is 5.56 Å². The summed E-state index contributed by atoms with van der Waals surface area (Å²) in [6.07, 6.45) is -0.349. The fourth-order valence-corrected chi connectivity index (χ4v) is 6.87. The number of benzene rings is 2. The summed E-state index contributed by atoms with van der Waals surface area (Å²) in [5.41, 5.74) is -0.744. The number of halogens is 3. The Bertz CT molecular complexity index is 1710. The number of Topliss-reactive ketones (excluding diaryl/α,β-unsaturated/α-hetero) is 1. The molecule has 182 valence electrons. The summed E-state index contributed by atoms with van der Waals surface area (Å²) in [6, 6.07) is 9.40. The lowest BCUT2D eigenvalue weighted by Crippen LogP contribution is -2.34. The topological polar surface area (TPSA) is 118 Å². The van der Waals surface area contributed by atoms with Gasteiger partial charge in [0.1, 0.15) is 15.8 Å². The minimum Gasteiger partial charge on any atom is -0.387 e. The van der Waals surface area contributed by atoms with Gasteiger partial charge in [-0.15, -0.1) is 11.3 Å². The van der Waals surface area contributed by atoms with E-state index in [1.807, 2.05) is 0 Å². The third-order valence-electron chi connectivity index (χ3n) is 5.12. The fraction of sp³-hybridized carbons (Fsp3) is 0.136. The van der Waals surface area contributed by atoms with E-state index in [1.54, 1.807) is 13.1 Å². The Morgan fingerprint density at radius 1 is 1.20 bits per heavy atom. The van der Waals surface area contributed by atoms with E-state index in [4.69, 9.17) is 11.6 Å². The second-order valence-corrected chi connectivity index (χ2v) is 12.3. The molecule has 0 aliphatic rings. The number of nitrogens with zero attached hydrogens (tertiary/aromatic N) is 1. The summed E-state index contributed by atoms with van der Waals surface area (Å²) in [5, 5.41) is 3.08. The highest BCUT2D eigenvalue weighted by Gasteiger charge is 2.22. The van der Waals surface area contributed by atoms with E-state index in [0.717, 1.165) is 17.4 Å². The summed E-state index contributed by atoms with van der Waals surface area (Å²) >= 11 is 9.95. The smallest absolute Gasteiger partial charge is 0.333 e. The number of hydrogen-bond donors (Lipinski definition) is 2. The van der Waals surface area contributed by atoms with Gasteiger partial charge in [0.2, 0.25) is 0 Å². The molecule has 13 heteroatoms. The minimum absolute atomic E-state index is 0.0271. The van der Waals surface area contributed by atoms with E-state index in [9.17, 15) is 27.2 Å². The second-order valence-electron chi connectivity index (χ2n) is 7.52. The van der Waals surface area contributed by atoms with Crippen molar-refractivity contribution in [3.8, 4) is 5.69 Å². The maximum Gasteiger partial charge on any atom is 0.333 e. The van der Waals surface area contributed by atoms with Crippen molar-refractivity contribution < 1.29 is 17.6 Å². The molecule has 8 nitrogen and oxygen atoms in total. The first-order chi connectivity index (χ1) is 16.5. The molecule has 0 saturated heterocycles. The van der Waals surface area contributed by atoms with Crippen molar-refractivity contribution in [2.24, 2.45) is 0 Å². The normalized spacial score (nSPS) is 11.7. The number of aromatic amines is 1. The Morgan fingerprint density at radius 2 is 1.94 bits per heavy atom. The quantitative estimate of drug-likeness (QED) is 0.332. The number of rotatable bonds is 7. The second kappa shape index (κ2) is 9.69. The van der Waals surface area contributed by atoms with Gasteiger partial charge < -0.3 is 10.3 Å². The van der Waals surface area contributed by atoms with Crippen LogP contribution in [0.3, 0.4) is 0 Å². The molecule has 0 aliphatic carbocycles. The lowest BCUT2D eigenvalue weighted by atomic mass is 10.1. The van der Waals surface area contributed by atoms with Crippen LogP contribution < -0.4 is 16.6 Å². The largest absolute Gasteiger partial charge is 0.387 e. The number of sulfone groups is 1. The molecule has 2 heterocycles. The van der Waals surface area contributed by atoms with Crippen LogP contribution in [0.25, 0.3) is 16.6 Å². The van der Waals surface area contributed by atoms with Gasteiger partial charge in [0.05, 0.1) is 26.6 Å². The molecule has 0 fully saturated rings. The first kappa shape index (κ1) is 25.3. The molecular formula is C22H16BrClFN3O5S2. The van der Waals surface area contributed by atoms with Crippen molar-refractivity contribution in [2.45, 2.75) is 10.6 Å². The van der Waals surface area contributed by atoms with Gasteiger partial charge in [-0.3, -0.25) is 9.59 Å². The van der Waals surface area contributed by atoms with E-state index >= 15 is 0 Å². The summed E-state index contributed by atoms with van der Waals surface area (Å²) in [6.45, 7) is 0. The Kier molecular flexibility index (Phi) is 7.00. The maximum absolute atomic E-state index is 15.0. The van der Waals surface area contributed by atoms with Crippen LogP contribution >= 0.6 is 38.9 Å². The molecule has 4 aromatic rings. The molecule has 4 rings (SSSR count). The van der Waals surface area contributed by atoms with E-state index in [0.29, 0.717) is 14.7 Å². The number of anilines is 1. The summed E-state index contributed by atoms with van der Waals surface area (Å²) in [7, 11) is -2.19. The molecule has 35 heavy (non-hydrogen) atoms. The number of carbonyl (C=O) groups is 1. The van der Waals surface area contributed by atoms with Crippen LogP contribution in [0.15, 0.2) is 60.7 Å². The third-order valence-corrected chi connectivity index (χ3v) is 9.26. The molecule has 0 radical (unpaired) electrons. The number of ketones is 1. The Labute approximate surface area is 215 Å².